The highest BCUT2D eigenvalue weighted by molar-refractivity contribution is 5.38. The third kappa shape index (κ3) is 3.65. The van der Waals surface area contributed by atoms with Gasteiger partial charge in [-0.05, 0) is 44.2 Å². The summed E-state index contributed by atoms with van der Waals surface area (Å²) in [6.45, 7) is 3.77. The van der Waals surface area contributed by atoms with E-state index in [4.69, 9.17) is 4.74 Å². The number of pyridine rings is 1. The molecule has 0 aliphatic heterocycles. The number of nitrogens with zero attached hydrogens (tertiary/aromatic N) is 1. The van der Waals surface area contributed by atoms with E-state index in [9.17, 15) is 18.0 Å². The summed E-state index contributed by atoms with van der Waals surface area (Å²) in [4.78, 5) is 11.8. The normalized spacial score (nSPS) is 11.7. The molecule has 1 heterocycles. The third-order valence-corrected chi connectivity index (χ3v) is 2.73. The van der Waals surface area contributed by atoms with Gasteiger partial charge in [-0.1, -0.05) is 0 Å². The summed E-state index contributed by atoms with van der Waals surface area (Å²) in [6.07, 6.45) is -3.39. The Bertz CT molecular complexity index is 673. The molecule has 0 spiro atoms. The largest absolute Gasteiger partial charge is 0.491 e. The van der Waals surface area contributed by atoms with Gasteiger partial charge in [0, 0.05) is 18.0 Å². The van der Waals surface area contributed by atoms with Crippen molar-refractivity contribution >= 4 is 0 Å². The Morgan fingerprint density at radius 1 is 1.10 bits per heavy atom. The first kappa shape index (κ1) is 15.2. The van der Waals surface area contributed by atoms with Crippen molar-refractivity contribution in [2.75, 3.05) is 0 Å². The summed E-state index contributed by atoms with van der Waals surface area (Å²) < 4.78 is 44.1. The average Bonchev–Trinajstić information content (AvgIpc) is 2.38. The molecule has 21 heavy (non-hydrogen) atoms. The predicted molar refractivity (Wildman–Crippen MR) is 72.8 cm³/mol. The van der Waals surface area contributed by atoms with Gasteiger partial charge in [0.05, 0.1) is 11.7 Å². The van der Waals surface area contributed by atoms with E-state index in [-0.39, 0.29) is 6.10 Å². The number of rotatable bonds is 3. The Kier molecular flexibility index (Phi) is 4.06. The fourth-order valence-corrected chi connectivity index (χ4v) is 1.83. The zero-order valence-electron chi connectivity index (χ0n) is 11.5. The summed E-state index contributed by atoms with van der Waals surface area (Å²) in [5.74, 6) is 0.633. The van der Waals surface area contributed by atoms with Gasteiger partial charge in [-0.25, -0.2) is 0 Å². The van der Waals surface area contributed by atoms with Crippen LogP contribution in [-0.2, 0) is 6.18 Å². The van der Waals surface area contributed by atoms with Crippen molar-refractivity contribution in [2.45, 2.75) is 26.1 Å². The van der Waals surface area contributed by atoms with E-state index in [0.717, 1.165) is 16.8 Å². The molecular formula is C15H14F3NO2. The number of ether oxygens (including phenoxy) is 1. The highest BCUT2D eigenvalue weighted by Gasteiger charge is 2.30. The lowest BCUT2D eigenvalue weighted by molar-refractivity contribution is -0.137. The second-order valence-electron chi connectivity index (χ2n) is 4.78. The minimum absolute atomic E-state index is 0.0182. The fourth-order valence-electron chi connectivity index (χ4n) is 1.83. The maximum atomic E-state index is 12.5. The van der Waals surface area contributed by atoms with E-state index in [1.165, 1.54) is 0 Å². The van der Waals surface area contributed by atoms with Crippen LogP contribution in [0.4, 0.5) is 13.2 Å². The van der Waals surface area contributed by atoms with Gasteiger partial charge in [0.15, 0.2) is 0 Å². The maximum absolute atomic E-state index is 12.5. The third-order valence-electron chi connectivity index (χ3n) is 2.73. The monoisotopic (exact) mass is 297 g/mol. The summed E-state index contributed by atoms with van der Waals surface area (Å²) in [6, 6.07) is 8.02. The quantitative estimate of drug-likeness (QED) is 0.866. The molecule has 3 nitrogen and oxygen atoms in total. The second kappa shape index (κ2) is 5.63. The summed E-state index contributed by atoms with van der Waals surface area (Å²) >= 11 is 0. The number of aromatic nitrogens is 1. The number of hydrogen-bond donors (Lipinski definition) is 0. The van der Waals surface area contributed by atoms with E-state index in [1.807, 2.05) is 13.8 Å². The zero-order chi connectivity index (χ0) is 15.6. The van der Waals surface area contributed by atoms with Crippen molar-refractivity contribution in [1.82, 2.24) is 4.57 Å². The van der Waals surface area contributed by atoms with E-state index >= 15 is 0 Å². The average molecular weight is 297 g/mol. The van der Waals surface area contributed by atoms with Crippen molar-refractivity contribution in [1.29, 1.82) is 0 Å². The zero-order valence-corrected chi connectivity index (χ0v) is 11.5. The van der Waals surface area contributed by atoms with Gasteiger partial charge in [0.1, 0.15) is 5.75 Å². The van der Waals surface area contributed by atoms with Crippen molar-refractivity contribution < 1.29 is 17.9 Å². The molecule has 0 unspecified atom stereocenters. The van der Waals surface area contributed by atoms with Gasteiger partial charge in [-0.15, -0.1) is 0 Å². The number of benzene rings is 1. The van der Waals surface area contributed by atoms with Crippen molar-refractivity contribution in [3.8, 4) is 11.4 Å². The number of halogens is 3. The first-order valence-electron chi connectivity index (χ1n) is 6.34. The van der Waals surface area contributed by atoms with E-state index in [1.54, 1.807) is 24.3 Å². The smallest absolute Gasteiger partial charge is 0.416 e. The van der Waals surface area contributed by atoms with Crippen LogP contribution in [-0.4, -0.2) is 10.7 Å². The van der Waals surface area contributed by atoms with Crippen molar-refractivity contribution in [3.63, 3.8) is 0 Å². The van der Waals surface area contributed by atoms with E-state index in [0.29, 0.717) is 17.5 Å². The van der Waals surface area contributed by atoms with Crippen LogP contribution in [0.25, 0.3) is 5.69 Å². The molecule has 0 fully saturated rings. The van der Waals surface area contributed by atoms with Gasteiger partial charge in [-0.2, -0.15) is 13.2 Å². The van der Waals surface area contributed by atoms with Crippen LogP contribution in [0.5, 0.6) is 5.75 Å². The standard InChI is InChI=1S/C15H14F3NO2/c1-10(2)21-13-5-3-12(4-6-13)19-8-7-11(9-14(19)20)15(16,17)18/h3-10H,1-2H3. The highest BCUT2D eigenvalue weighted by Crippen LogP contribution is 2.28. The fraction of sp³-hybridized carbons (Fsp3) is 0.267. The molecule has 112 valence electrons. The van der Waals surface area contributed by atoms with Crippen LogP contribution in [0.15, 0.2) is 47.4 Å². The first-order chi connectivity index (χ1) is 9.77. The van der Waals surface area contributed by atoms with Crippen LogP contribution in [0.3, 0.4) is 0 Å². The van der Waals surface area contributed by atoms with Crippen LogP contribution < -0.4 is 10.3 Å². The molecular weight excluding hydrogens is 283 g/mol. The molecule has 0 saturated heterocycles. The molecule has 1 aromatic carbocycles. The molecule has 0 saturated carbocycles. The second-order valence-corrected chi connectivity index (χ2v) is 4.78. The van der Waals surface area contributed by atoms with Gasteiger partial charge in [0.2, 0.25) is 0 Å². The highest BCUT2D eigenvalue weighted by atomic mass is 19.4. The number of hydrogen-bond acceptors (Lipinski definition) is 2. The lowest BCUT2D eigenvalue weighted by Crippen LogP contribution is -2.20. The lowest BCUT2D eigenvalue weighted by atomic mass is 10.2. The summed E-state index contributed by atoms with van der Waals surface area (Å²) in [5.41, 5.74) is -1.21. The minimum Gasteiger partial charge on any atom is -0.491 e. The predicted octanol–water partition coefficient (Wildman–Crippen LogP) is 3.64. The molecule has 0 aliphatic carbocycles. The Morgan fingerprint density at radius 3 is 2.19 bits per heavy atom. The molecule has 0 atom stereocenters. The molecule has 0 aliphatic rings. The molecule has 2 aromatic rings. The summed E-state index contributed by atoms with van der Waals surface area (Å²) in [7, 11) is 0. The first-order valence-corrected chi connectivity index (χ1v) is 6.34. The molecule has 0 bridgehead atoms. The van der Waals surface area contributed by atoms with Gasteiger partial charge in [0.25, 0.3) is 5.56 Å². The Hall–Kier alpha value is -2.24. The van der Waals surface area contributed by atoms with E-state index in [2.05, 4.69) is 0 Å². The molecule has 0 radical (unpaired) electrons. The van der Waals surface area contributed by atoms with Crippen LogP contribution >= 0.6 is 0 Å². The Labute approximate surface area is 119 Å². The van der Waals surface area contributed by atoms with Gasteiger partial charge < -0.3 is 4.74 Å². The molecule has 1 aromatic heterocycles. The van der Waals surface area contributed by atoms with Gasteiger partial charge >= 0.3 is 6.18 Å². The molecule has 6 heteroatoms. The Morgan fingerprint density at radius 2 is 1.71 bits per heavy atom. The van der Waals surface area contributed by atoms with Crippen molar-refractivity contribution in [3.05, 3.63) is 58.5 Å². The molecule has 2 rings (SSSR count). The minimum atomic E-state index is -4.52. The Balaban J connectivity index is 2.32. The van der Waals surface area contributed by atoms with Crippen LogP contribution in [0.2, 0.25) is 0 Å². The van der Waals surface area contributed by atoms with Crippen LogP contribution in [0.1, 0.15) is 19.4 Å². The molecule has 0 amide bonds. The van der Waals surface area contributed by atoms with E-state index < -0.39 is 17.3 Å². The van der Waals surface area contributed by atoms with Crippen LogP contribution in [0, 0.1) is 0 Å². The lowest BCUT2D eigenvalue weighted by Gasteiger charge is -2.12. The topological polar surface area (TPSA) is 31.2 Å². The maximum Gasteiger partial charge on any atom is 0.416 e. The van der Waals surface area contributed by atoms with Gasteiger partial charge in [-0.3, -0.25) is 9.36 Å². The van der Waals surface area contributed by atoms with Crippen molar-refractivity contribution in [2.24, 2.45) is 0 Å². The summed E-state index contributed by atoms with van der Waals surface area (Å²) in [5, 5.41) is 0. The SMILES string of the molecule is CC(C)Oc1ccc(-n2ccc(C(F)(F)F)cc2=O)cc1. The molecule has 0 N–H and O–H groups in total. The number of alkyl halides is 3.